The van der Waals surface area contributed by atoms with Gasteiger partial charge in [-0.3, -0.25) is 9.59 Å². The van der Waals surface area contributed by atoms with Crippen LogP contribution in [0.4, 0.5) is 0 Å². The van der Waals surface area contributed by atoms with E-state index in [1.165, 1.54) is 11.3 Å². The van der Waals surface area contributed by atoms with E-state index in [4.69, 9.17) is 4.74 Å². The molecule has 2 rings (SSSR count). The molecule has 0 radical (unpaired) electrons. The smallest absolute Gasteiger partial charge is 0.307 e. The first-order valence-electron chi connectivity index (χ1n) is 6.27. The number of aliphatic carboxylic acids is 1. The van der Waals surface area contributed by atoms with Gasteiger partial charge in [-0.2, -0.15) is 0 Å². The summed E-state index contributed by atoms with van der Waals surface area (Å²) in [6.45, 7) is 2.19. The standard InChI is InChI=1S/C13H17NO4S/c15-12(14-3-5-18-6-4-14)9-10(13(16)17)8-11-2-1-7-19-11/h1-2,7,10H,3-6,8-9H2,(H,16,17)/t10-/m0/s1. The minimum absolute atomic E-state index is 0.0627. The van der Waals surface area contributed by atoms with Gasteiger partial charge in [0, 0.05) is 24.4 Å². The Morgan fingerprint density at radius 2 is 2.16 bits per heavy atom. The van der Waals surface area contributed by atoms with Crippen molar-refractivity contribution in [2.75, 3.05) is 26.3 Å². The summed E-state index contributed by atoms with van der Waals surface area (Å²) in [6, 6.07) is 3.79. The second-order valence-electron chi connectivity index (χ2n) is 4.52. The number of carbonyl (C=O) groups excluding carboxylic acids is 1. The summed E-state index contributed by atoms with van der Waals surface area (Å²) in [6.07, 6.45) is 0.482. The highest BCUT2D eigenvalue weighted by Crippen LogP contribution is 2.18. The maximum atomic E-state index is 12.1. The number of carboxylic acids is 1. The summed E-state index contributed by atoms with van der Waals surface area (Å²) in [4.78, 5) is 26.0. The highest BCUT2D eigenvalue weighted by Gasteiger charge is 2.25. The fourth-order valence-corrected chi connectivity index (χ4v) is 2.86. The van der Waals surface area contributed by atoms with Crippen molar-refractivity contribution in [2.24, 2.45) is 5.92 Å². The fourth-order valence-electron chi connectivity index (χ4n) is 2.07. The largest absolute Gasteiger partial charge is 0.481 e. The minimum atomic E-state index is -0.907. The Kier molecular flexibility index (Phi) is 4.93. The van der Waals surface area contributed by atoms with Gasteiger partial charge in [0.1, 0.15) is 0 Å². The number of rotatable bonds is 5. The molecule has 0 spiro atoms. The van der Waals surface area contributed by atoms with E-state index >= 15 is 0 Å². The van der Waals surface area contributed by atoms with Crippen LogP contribution in [0, 0.1) is 5.92 Å². The first-order valence-corrected chi connectivity index (χ1v) is 7.15. The van der Waals surface area contributed by atoms with E-state index in [0.29, 0.717) is 32.7 Å². The van der Waals surface area contributed by atoms with Gasteiger partial charge in [-0.1, -0.05) is 6.07 Å². The van der Waals surface area contributed by atoms with E-state index in [0.717, 1.165) is 4.88 Å². The molecule has 1 fully saturated rings. The Morgan fingerprint density at radius 3 is 2.74 bits per heavy atom. The highest BCUT2D eigenvalue weighted by molar-refractivity contribution is 7.09. The van der Waals surface area contributed by atoms with Crippen LogP contribution in [0.15, 0.2) is 17.5 Å². The van der Waals surface area contributed by atoms with E-state index in [1.54, 1.807) is 4.90 Å². The Hall–Kier alpha value is -1.40. The summed E-state index contributed by atoms with van der Waals surface area (Å²) in [5.74, 6) is -1.64. The summed E-state index contributed by atoms with van der Waals surface area (Å²) < 4.78 is 5.18. The third-order valence-electron chi connectivity index (χ3n) is 3.16. The Labute approximate surface area is 115 Å². The van der Waals surface area contributed by atoms with Gasteiger partial charge in [-0.05, 0) is 17.9 Å². The molecule has 1 amide bonds. The van der Waals surface area contributed by atoms with Crippen molar-refractivity contribution in [3.05, 3.63) is 22.4 Å². The van der Waals surface area contributed by atoms with Crippen LogP contribution in [0.25, 0.3) is 0 Å². The Balaban J connectivity index is 1.92. The molecule has 19 heavy (non-hydrogen) atoms. The van der Waals surface area contributed by atoms with Crippen LogP contribution in [0.2, 0.25) is 0 Å². The predicted octanol–water partition coefficient (Wildman–Crippen LogP) is 1.24. The molecule has 2 heterocycles. The van der Waals surface area contributed by atoms with Crippen LogP contribution in [0.1, 0.15) is 11.3 Å². The molecular weight excluding hydrogens is 266 g/mol. The number of carboxylic acid groups (broad SMARTS) is 1. The quantitative estimate of drug-likeness (QED) is 0.883. The zero-order chi connectivity index (χ0) is 13.7. The van der Waals surface area contributed by atoms with Crippen molar-refractivity contribution in [1.82, 2.24) is 4.90 Å². The number of amides is 1. The van der Waals surface area contributed by atoms with Gasteiger partial charge >= 0.3 is 5.97 Å². The lowest BCUT2D eigenvalue weighted by molar-refractivity contribution is -0.147. The van der Waals surface area contributed by atoms with Gasteiger partial charge in [0.25, 0.3) is 0 Å². The fraction of sp³-hybridized carbons (Fsp3) is 0.538. The number of carbonyl (C=O) groups is 2. The molecule has 1 aliphatic rings. The summed E-state index contributed by atoms with van der Waals surface area (Å²) >= 11 is 1.52. The first-order chi connectivity index (χ1) is 9.16. The molecule has 1 saturated heterocycles. The minimum Gasteiger partial charge on any atom is -0.481 e. The van der Waals surface area contributed by atoms with Gasteiger partial charge in [-0.15, -0.1) is 11.3 Å². The van der Waals surface area contributed by atoms with Crippen LogP contribution < -0.4 is 0 Å². The van der Waals surface area contributed by atoms with Crippen molar-refractivity contribution in [1.29, 1.82) is 0 Å². The normalized spacial score (nSPS) is 17.2. The lowest BCUT2D eigenvalue weighted by atomic mass is 10.00. The van der Waals surface area contributed by atoms with E-state index in [-0.39, 0.29) is 12.3 Å². The molecule has 104 valence electrons. The summed E-state index contributed by atoms with van der Waals surface area (Å²) in [7, 11) is 0. The van der Waals surface area contributed by atoms with Crippen LogP contribution in [-0.2, 0) is 20.7 Å². The van der Waals surface area contributed by atoms with Gasteiger partial charge < -0.3 is 14.7 Å². The van der Waals surface area contributed by atoms with E-state index in [1.807, 2.05) is 17.5 Å². The zero-order valence-electron chi connectivity index (χ0n) is 10.6. The number of hydrogen-bond acceptors (Lipinski definition) is 4. The van der Waals surface area contributed by atoms with Gasteiger partial charge in [0.2, 0.25) is 5.91 Å². The number of hydrogen-bond donors (Lipinski definition) is 1. The topological polar surface area (TPSA) is 66.8 Å². The molecule has 0 saturated carbocycles. The van der Waals surface area contributed by atoms with Crippen molar-refractivity contribution in [3.8, 4) is 0 Å². The monoisotopic (exact) mass is 283 g/mol. The van der Waals surface area contributed by atoms with Crippen molar-refractivity contribution < 1.29 is 19.4 Å². The van der Waals surface area contributed by atoms with Crippen LogP contribution in [0.3, 0.4) is 0 Å². The average molecular weight is 283 g/mol. The number of thiophene rings is 1. The van der Waals surface area contributed by atoms with Gasteiger partial charge in [0.05, 0.1) is 19.1 Å². The first kappa shape index (κ1) is 14.0. The Bertz CT molecular complexity index is 426. The molecule has 0 aromatic carbocycles. The Morgan fingerprint density at radius 1 is 1.42 bits per heavy atom. The third-order valence-corrected chi connectivity index (χ3v) is 4.06. The summed E-state index contributed by atoms with van der Waals surface area (Å²) in [5.41, 5.74) is 0. The lowest BCUT2D eigenvalue weighted by Crippen LogP contribution is -2.42. The maximum absolute atomic E-state index is 12.1. The number of nitrogens with zero attached hydrogens (tertiary/aromatic N) is 1. The maximum Gasteiger partial charge on any atom is 0.307 e. The van der Waals surface area contributed by atoms with Crippen molar-refractivity contribution in [2.45, 2.75) is 12.8 Å². The molecule has 1 atom stereocenters. The van der Waals surface area contributed by atoms with Crippen molar-refractivity contribution >= 4 is 23.2 Å². The molecule has 1 aromatic heterocycles. The van der Waals surface area contributed by atoms with E-state index in [2.05, 4.69) is 0 Å². The molecule has 1 aromatic rings. The molecule has 6 heteroatoms. The molecule has 0 aliphatic carbocycles. The molecule has 1 N–H and O–H groups in total. The molecule has 5 nitrogen and oxygen atoms in total. The lowest BCUT2D eigenvalue weighted by Gasteiger charge is -2.27. The third kappa shape index (κ3) is 4.04. The van der Waals surface area contributed by atoms with Gasteiger partial charge in [0.15, 0.2) is 0 Å². The molecule has 1 aliphatic heterocycles. The van der Waals surface area contributed by atoms with Crippen LogP contribution in [0.5, 0.6) is 0 Å². The second kappa shape index (κ2) is 6.68. The number of morpholine rings is 1. The second-order valence-corrected chi connectivity index (χ2v) is 5.55. The zero-order valence-corrected chi connectivity index (χ0v) is 11.4. The number of ether oxygens (including phenoxy) is 1. The average Bonchev–Trinajstić information content (AvgIpc) is 2.91. The van der Waals surface area contributed by atoms with E-state index in [9.17, 15) is 14.7 Å². The van der Waals surface area contributed by atoms with E-state index < -0.39 is 11.9 Å². The van der Waals surface area contributed by atoms with Gasteiger partial charge in [-0.25, -0.2) is 0 Å². The predicted molar refractivity (Wildman–Crippen MR) is 71.2 cm³/mol. The van der Waals surface area contributed by atoms with Crippen LogP contribution in [-0.4, -0.2) is 48.2 Å². The molecule has 0 unspecified atom stereocenters. The highest BCUT2D eigenvalue weighted by atomic mass is 32.1. The SMILES string of the molecule is O=C(O)[C@H](CC(=O)N1CCOCC1)Cc1cccs1. The van der Waals surface area contributed by atoms with Crippen LogP contribution >= 0.6 is 11.3 Å². The van der Waals surface area contributed by atoms with Crippen molar-refractivity contribution in [3.63, 3.8) is 0 Å². The molecule has 0 bridgehead atoms. The molecular formula is C13H17NO4S. The summed E-state index contributed by atoms with van der Waals surface area (Å²) in [5, 5.41) is 11.1.